The second-order valence-corrected chi connectivity index (χ2v) is 2.77. The van der Waals surface area contributed by atoms with Crippen LogP contribution in [-0.2, 0) is 0 Å². The van der Waals surface area contributed by atoms with Gasteiger partial charge in [-0.05, 0) is 19.1 Å². The van der Waals surface area contributed by atoms with E-state index in [1.807, 2.05) is 0 Å². The van der Waals surface area contributed by atoms with Gasteiger partial charge in [0.05, 0.1) is 11.4 Å². The lowest BCUT2D eigenvalue weighted by molar-refractivity contribution is 0.0993. The molecule has 0 radical (unpaired) electrons. The third-order valence-electron chi connectivity index (χ3n) is 1.45. The van der Waals surface area contributed by atoms with Crippen LogP contribution in [0.15, 0.2) is 18.3 Å². The largest absolute Gasteiger partial charge is 0.291 e. The van der Waals surface area contributed by atoms with Gasteiger partial charge >= 0.3 is 0 Å². The van der Waals surface area contributed by atoms with E-state index in [4.69, 9.17) is 11.6 Å². The van der Waals surface area contributed by atoms with Crippen molar-refractivity contribution in [2.24, 2.45) is 0 Å². The molecule has 0 aliphatic heterocycles. The Hall–Kier alpha value is -1.33. The maximum absolute atomic E-state index is 11.4. The fourth-order valence-electron chi connectivity index (χ4n) is 0.843. The molecule has 0 aliphatic rings. The topological polar surface area (TPSA) is 30.0 Å². The number of aromatic nitrogens is 1. The summed E-state index contributed by atoms with van der Waals surface area (Å²) in [6.07, 6.45) is 1.71. The molecule has 0 amide bonds. The predicted octanol–water partition coefficient (Wildman–Crippen LogP) is 2.33. The van der Waals surface area contributed by atoms with Gasteiger partial charge in [-0.1, -0.05) is 17.5 Å². The Morgan fingerprint density at radius 3 is 3.08 bits per heavy atom. The zero-order chi connectivity index (χ0) is 9.68. The SMILES string of the molecule is CC#CCC(=O)c1ncccc1Cl. The molecular weight excluding hydrogens is 186 g/mol. The molecule has 0 atom stereocenters. The zero-order valence-electron chi connectivity index (χ0n) is 7.17. The van der Waals surface area contributed by atoms with Crippen LogP contribution in [0.3, 0.4) is 0 Å². The number of halogens is 1. The van der Waals surface area contributed by atoms with Crippen LogP contribution < -0.4 is 0 Å². The Labute approximate surface area is 81.9 Å². The first kappa shape index (κ1) is 9.76. The van der Waals surface area contributed by atoms with Crippen LogP contribution in [0.2, 0.25) is 5.02 Å². The highest BCUT2D eigenvalue weighted by atomic mass is 35.5. The van der Waals surface area contributed by atoms with Crippen LogP contribution >= 0.6 is 11.6 Å². The van der Waals surface area contributed by atoms with Gasteiger partial charge in [0.1, 0.15) is 5.69 Å². The van der Waals surface area contributed by atoms with E-state index >= 15 is 0 Å². The fourth-order valence-corrected chi connectivity index (χ4v) is 1.07. The quantitative estimate of drug-likeness (QED) is 0.533. The fraction of sp³-hybridized carbons (Fsp3) is 0.200. The summed E-state index contributed by atoms with van der Waals surface area (Å²) >= 11 is 5.77. The van der Waals surface area contributed by atoms with Gasteiger partial charge in [-0.3, -0.25) is 9.78 Å². The van der Waals surface area contributed by atoms with Gasteiger partial charge in [-0.15, -0.1) is 5.92 Å². The molecule has 0 spiro atoms. The molecule has 0 fully saturated rings. The first-order chi connectivity index (χ1) is 6.25. The molecule has 66 valence electrons. The van der Waals surface area contributed by atoms with Crippen LogP contribution in [0.25, 0.3) is 0 Å². The Kier molecular flexibility index (Phi) is 3.48. The third kappa shape index (κ3) is 2.57. The Balaban J connectivity index is 2.87. The van der Waals surface area contributed by atoms with Crippen molar-refractivity contribution in [3.8, 4) is 11.8 Å². The number of hydrogen-bond acceptors (Lipinski definition) is 2. The van der Waals surface area contributed by atoms with Crippen molar-refractivity contribution in [1.29, 1.82) is 0 Å². The van der Waals surface area contributed by atoms with E-state index in [9.17, 15) is 4.79 Å². The average Bonchev–Trinajstić information content (AvgIpc) is 2.15. The minimum Gasteiger partial charge on any atom is -0.291 e. The van der Waals surface area contributed by atoms with E-state index < -0.39 is 0 Å². The van der Waals surface area contributed by atoms with Crippen LogP contribution in [-0.4, -0.2) is 10.8 Å². The lowest BCUT2D eigenvalue weighted by atomic mass is 10.2. The maximum atomic E-state index is 11.4. The van der Waals surface area contributed by atoms with Crippen molar-refractivity contribution in [3.05, 3.63) is 29.0 Å². The van der Waals surface area contributed by atoms with Crippen molar-refractivity contribution < 1.29 is 4.79 Å². The van der Waals surface area contributed by atoms with Crippen LogP contribution in [0, 0.1) is 11.8 Å². The van der Waals surface area contributed by atoms with E-state index in [1.54, 1.807) is 25.3 Å². The van der Waals surface area contributed by atoms with Gasteiger partial charge in [-0.2, -0.15) is 0 Å². The lowest BCUT2D eigenvalue weighted by Crippen LogP contribution is -2.01. The Morgan fingerprint density at radius 1 is 1.69 bits per heavy atom. The number of nitrogens with zero attached hydrogens (tertiary/aromatic N) is 1. The first-order valence-corrected chi connectivity index (χ1v) is 4.17. The minimum atomic E-state index is -0.139. The molecule has 0 bridgehead atoms. The Bertz CT molecular complexity index is 376. The molecule has 0 saturated heterocycles. The van der Waals surface area contributed by atoms with Crippen molar-refractivity contribution in [1.82, 2.24) is 4.98 Å². The summed E-state index contributed by atoms with van der Waals surface area (Å²) in [5, 5.41) is 0.380. The second kappa shape index (κ2) is 4.64. The summed E-state index contributed by atoms with van der Waals surface area (Å²) in [5.41, 5.74) is 0.298. The predicted molar refractivity (Wildman–Crippen MR) is 51.6 cm³/mol. The zero-order valence-corrected chi connectivity index (χ0v) is 7.93. The highest BCUT2D eigenvalue weighted by molar-refractivity contribution is 6.33. The average molecular weight is 194 g/mol. The normalized spacial score (nSPS) is 8.77. The molecule has 1 rings (SSSR count). The number of rotatable bonds is 2. The van der Waals surface area contributed by atoms with Crippen LogP contribution in [0.4, 0.5) is 0 Å². The maximum Gasteiger partial charge on any atom is 0.194 e. The molecule has 3 heteroatoms. The summed E-state index contributed by atoms with van der Waals surface area (Å²) in [7, 11) is 0. The smallest absolute Gasteiger partial charge is 0.194 e. The lowest BCUT2D eigenvalue weighted by Gasteiger charge is -1.97. The first-order valence-electron chi connectivity index (χ1n) is 3.79. The monoisotopic (exact) mass is 193 g/mol. The number of hydrogen-bond donors (Lipinski definition) is 0. The van der Waals surface area contributed by atoms with E-state index in [-0.39, 0.29) is 12.2 Å². The number of Topliss-reactive ketones (excluding diaryl/α,β-unsaturated/α-hetero) is 1. The molecule has 1 aromatic rings. The van der Waals surface area contributed by atoms with E-state index in [1.165, 1.54) is 0 Å². The number of pyridine rings is 1. The molecule has 13 heavy (non-hydrogen) atoms. The van der Waals surface area contributed by atoms with Crippen molar-refractivity contribution in [2.45, 2.75) is 13.3 Å². The molecule has 1 heterocycles. The molecule has 2 nitrogen and oxygen atoms in total. The molecule has 0 aromatic carbocycles. The minimum absolute atomic E-state index is 0.139. The molecule has 0 saturated carbocycles. The van der Waals surface area contributed by atoms with Crippen LogP contribution in [0.5, 0.6) is 0 Å². The van der Waals surface area contributed by atoms with E-state index in [0.29, 0.717) is 10.7 Å². The van der Waals surface area contributed by atoms with Crippen molar-refractivity contribution >= 4 is 17.4 Å². The standard InChI is InChI=1S/C10H8ClNO/c1-2-3-6-9(13)10-8(11)5-4-7-12-10/h4-5,7H,6H2,1H3. The van der Waals surface area contributed by atoms with Crippen molar-refractivity contribution in [2.75, 3.05) is 0 Å². The Morgan fingerprint density at radius 2 is 2.46 bits per heavy atom. The van der Waals surface area contributed by atoms with E-state index in [2.05, 4.69) is 16.8 Å². The number of ketones is 1. The van der Waals surface area contributed by atoms with E-state index in [0.717, 1.165) is 0 Å². The second-order valence-electron chi connectivity index (χ2n) is 2.36. The molecule has 0 unspecified atom stereocenters. The summed E-state index contributed by atoms with van der Waals surface area (Å²) in [4.78, 5) is 15.3. The number of carbonyl (C=O) groups is 1. The summed E-state index contributed by atoms with van der Waals surface area (Å²) in [6, 6.07) is 3.33. The summed E-state index contributed by atoms with van der Waals surface area (Å²) in [6.45, 7) is 1.69. The number of carbonyl (C=O) groups excluding carboxylic acids is 1. The van der Waals surface area contributed by atoms with Crippen molar-refractivity contribution in [3.63, 3.8) is 0 Å². The van der Waals surface area contributed by atoms with Gasteiger partial charge in [0.25, 0.3) is 0 Å². The summed E-state index contributed by atoms with van der Waals surface area (Å²) < 4.78 is 0. The molecular formula is C10H8ClNO. The third-order valence-corrected chi connectivity index (χ3v) is 1.75. The van der Waals surface area contributed by atoms with Gasteiger partial charge in [0, 0.05) is 6.20 Å². The van der Waals surface area contributed by atoms with Gasteiger partial charge < -0.3 is 0 Å². The summed E-state index contributed by atoms with van der Waals surface area (Å²) in [5.74, 6) is 5.18. The van der Waals surface area contributed by atoms with Gasteiger partial charge in [-0.25, -0.2) is 0 Å². The molecule has 0 aliphatic carbocycles. The highest BCUT2D eigenvalue weighted by Crippen LogP contribution is 2.13. The van der Waals surface area contributed by atoms with Gasteiger partial charge in [0.2, 0.25) is 0 Å². The molecule has 0 N–H and O–H groups in total. The highest BCUT2D eigenvalue weighted by Gasteiger charge is 2.08. The molecule has 1 aromatic heterocycles. The van der Waals surface area contributed by atoms with Gasteiger partial charge in [0.15, 0.2) is 5.78 Å². The van der Waals surface area contributed by atoms with Crippen LogP contribution in [0.1, 0.15) is 23.8 Å².